The van der Waals surface area contributed by atoms with E-state index in [-0.39, 0.29) is 11.9 Å². The number of carbonyl (C=O) groups excluding carboxylic acids is 1. The molecule has 1 amide bonds. The number of benzene rings is 1. The minimum atomic E-state index is 0.0961. The summed E-state index contributed by atoms with van der Waals surface area (Å²) in [6.45, 7) is 5.17. The van der Waals surface area contributed by atoms with E-state index in [2.05, 4.69) is 33.3 Å². The second-order valence-electron chi connectivity index (χ2n) is 6.80. The summed E-state index contributed by atoms with van der Waals surface area (Å²) in [6.07, 6.45) is 3.31. The van der Waals surface area contributed by atoms with Crippen molar-refractivity contribution in [3.63, 3.8) is 0 Å². The van der Waals surface area contributed by atoms with Gasteiger partial charge in [0.2, 0.25) is 11.9 Å². The Morgan fingerprint density at radius 1 is 1.19 bits per heavy atom. The summed E-state index contributed by atoms with van der Waals surface area (Å²) in [7, 11) is 0. The van der Waals surface area contributed by atoms with Crippen LogP contribution in [0.1, 0.15) is 28.9 Å². The molecule has 3 heterocycles. The van der Waals surface area contributed by atoms with Gasteiger partial charge in [0, 0.05) is 30.0 Å². The summed E-state index contributed by atoms with van der Waals surface area (Å²) in [5.41, 5.74) is 10.7. The van der Waals surface area contributed by atoms with Gasteiger partial charge in [-0.1, -0.05) is 36.4 Å². The fourth-order valence-corrected chi connectivity index (χ4v) is 3.55. The molecule has 0 atom stereocenters. The van der Waals surface area contributed by atoms with Gasteiger partial charge in [-0.3, -0.25) is 4.79 Å². The quantitative estimate of drug-likeness (QED) is 0.771. The number of rotatable bonds is 3. The minimum absolute atomic E-state index is 0.0961. The van der Waals surface area contributed by atoms with E-state index in [4.69, 9.17) is 5.73 Å². The molecule has 0 saturated carbocycles. The van der Waals surface area contributed by atoms with Crippen LogP contribution in [0.2, 0.25) is 0 Å². The molecule has 1 aromatic carbocycles. The van der Waals surface area contributed by atoms with Crippen molar-refractivity contribution in [1.29, 1.82) is 0 Å². The lowest BCUT2D eigenvalue weighted by atomic mass is 9.99. The molecule has 27 heavy (non-hydrogen) atoms. The first-order valence-electron chi connectivity index (χ1n) is 9.03. The van der Waals surface area contributed by atoms with Gasteiger partial charge in [-0.25, -0.2) is 4.98 Å². The Labute approximate surface area is 157 Å². The van der Waals surface area contributed by atoms with Crippen molar-refractivity contribution in [3.8, 4) is 0 Å². The van der Waals surface area contributed by atoms with Gasteiger partial charge in [0.05, 0.1) is 6.42 Å². The summed E-state index contributed by atoms with van der Waals surface area (Å²) in [5.74, 6) is 0.744. The molecule has 1 aliphatic heterocycles. The van der Waals surface area contributed by atoms with Gasteiger partial charge >= 0.3 is 0 Å². The molecule has 0 saturated heterocycles. The highest BCUT2D eigenvalue weighted by molar-refractivity contribution is 5.81. The predicted octanol–water partition coefficient (Wildman–Crippen LogP) is 2.18. The number of anilines is 1. The Bertz CT molecular complexity index is 1040. The topological polar surface area (TPSA) is 89.4 Å². The van der Waals surface area contributed by atoms with Crippen LogP contribution in [-0.2, 0) is 11.2 Å². The molecule has 138 valence electrons. The molecule has 0 fully saturated rings. The van der Waals surface area contributed by atoms with Crippen LogP contribution < -0.4 is 5.73 Å². The largest absolute Gasteiger partial charge is 0.366 e. The van der Waals surface area contributed by atoms with E-state index in [0.717, 1.165) is 29.9 Å². The molecule has 0 spiro atoms. The van der Waals surface area contributed by atoms with Gasteiger partial charge in [0.15, 0.2) is 0 Å². The summed E-state index contributed by atoms with van der Waals surface area (Å²) in [5, 5.41) is 4.16. The fourth-order valence-electron chi connectivity index (χ4n) is 3.55. The first kappa shape index (κ1) is 17.2. The summed E-state index contributed by atoms with van der Waals surface area (Å²) in [4.78, 5) is 23.3. The molecule has 3 aromatic rings. The summed E-state index contributed by atoms with van der Waals surface area (Å²) >= 11 is 0. The van der Waals surface area contributed by atoms with Crippen molar-refractivity contribution in [2.24, 2.45) is 0 Å². The Balaban J connectivity index is 1.52. The van der Waals surface area contributed by atoms with Crippen LogP contribution in [0.25, 0.3) is 11.4 Å². The zero-order chi connectivity index (χ0) is 19.0. The number of hydrogen-bond donors (Lipinski definition) is 1. The van der Waals surface area contributed by atoms with Crippen molar-refractivity contribution in [3.05, 3.63) is 58.9 Å². The molecule has 7 nitrogen and oxygen atoms in total. The lowest BCUT2D eigenvalue weighted by Crippen LogP contribution is -2.36. The van der Waals surface area contributed by atoms with Gasteiger partial charge in [0.25, 0.3) is 5.78 Å². The second kappa shape index (κ2) is 6.83. The Hall–Kier alpha value is -3.22. The highest BCUT2D eigenvalue weighted by Gasteiger charge is 2.21. The number of hydrogen-bond acceptors (Lipinski definition) is 5. The average Bonchev–Trinajstić information content (AvgIpc) is 3.06. The van der Waals surface area contributed by atoms with E-state index < -0.39 is 0 Å². The Morgan fingerprint density at radius 2 is 1.96 bits per heavy atom. The molecular weight excluding hydrogens is 340 g/mol. The van der Waals surface area contributed by atoms with Gasteiger partial charge in [-0.2, -0.15) is 9.50 Å². The van der Waals surface area contributed by atoms with Crippen LogP contribution in [0, 0.1) is 13.8 Å². The van der Waals surface area contributed by atoms with E-state index in [9.17, 15) is 4.79 Å². The predicted molar refractivity (Wildman–Crippen MR) is 104 cm³/mol. The van der Waals surface area contributed by atoms with E-state index in [1.165, 1.54) is 11.1 Å². The third kappa shape index (κ3) is 3.28. The molecule has 0 unspecified atom stereocenters. The zero-order valence-electron chi connectivity index (χ0n) is 15.5. The highest BCUT2D eigenvalue weighted by Crippen LogP contribution is 2.23. The molecule has 2 aromatic heterocycles. The number of nitrogens with zero attached hydrogens (tertiary/aromatic N) is 5. The number of carbonyl (C=O) groups is 1. The van der Waals surface area contributed by atoms with Crippen molar-refractivity contribution in [2.75, 3.05) is 18.8 Å². The Kier molecular flexibility index (Phi) is 4.35. The smallest absolute Gasteiger partial charge is 0.254 e. The van der Waals surface area contributed by atoms with Crippen molar-refractivity contribution in [1.82, 2.24) is 24.5 Å². The lowest BCUT2D eigenvalue weighted by Gasteiger charge is -2.27. The fraction of sp³-hybridized carbons (Fsp3) is 0.300. The number of aryl methyl sites for hydroxylation is 2. The van der Waals surface area contributed by atoms with Gasteiger partial charge in [-0.05, 0) is 31.4 Å². The van der Waals surface area contributed by atoms with Gasteiger partial charge in [0.1, 0.15) is 0 Å². The first-order chi connectivity index (χ1) is 13.0. The van der Waals surface area contributed by atoms with Crippen LogP contribution >= 0.6 is 0 Å². The minimum Gasteiger partial charge on any atom is -0.366 e. The van der Waals surface area contributed by atoms with E-state index in [1.54, 1.807) is 4.52 Å². The molecule has 7 heteroatoms. The number of aromatic nitrogens is 4. The van der Waals surface area contributed by atoms with Crippen molar-refractivity contribution in [2.45, 2.75) is 26.7 Å². The average molecular weight is 362 g/mol. The summed E-state index contributed by atoms with van der Waals surface area (Å²) in [6, 6.07) is 10.3. The normalized spacial score (nSPS) is 14.4. The van der Waals surface area contributed by atoms with E-state index in [1.807, 2.05) is 36.9 Å². The maximum absolute atomic E-state index is 12.9. The SMILES string of the molecule is Cc1nc2nc(N)nn2c(C)c1CC(=O)N1CC=C(c2ccccc2)CC1. The highest BCUT2D eigenvalue weighted by atomic mass is 16.2. The molecule has 2 N–H and O–H groups in total. The molecule has 0 bridgehead atoms. The van der Waals surface area contributed by atoms with E-state index in [0.29, 0.717) is 18.7 Å². The lowest BCUT2D eigenvalue weighted by molar-refractivity contribution is -0.130. The number of amides is 1. The number of nitrogen functional groups attached to an aromatic ring is 1. The van der Waals surface area contributed by atoms with E-state index >= 15 is 0 Å². The number of fused-ring (bicyclic) bond motifs is 1. The molecule has 0 radical (unpaired) electrons. The molecule has 4 rings (SSSR count). The van der Waals surface area contributed by atoms with Crippen molar-refractivity contribution >= 4 is 23.2 Å². The van der Waals surface area contributed by atoms with Crippen LogP contribution in [0.5, 0.6) is 0 Å². The van der Waals surface area contributed by atoms with Crippen LogP contribution in [0.3, 0.4) is 0 Å². The molecule has 0 aliphatic carbocycles. The molecular formula is C20H22N6O. The monoisotopic (exact) mass is 362 g/mol. The van der Waals surface area contributed by atoms with Crippen LogP contribution in [-0.4, -0.2) is 43.5 Å². The molecule has 1 aliphatic rings. The summed E-state index contributed by atoms with van der Waals surface area (Å²) < 4.78 is 1.61. The first-order valence-corrected chi connectivity index (χ1v) is 9.03. The van der Waals surface area contributed by atoms with Crippen LogP contribution in [0.15, 0.2) is 36.4 Å². The standard InChI is InChI=1S/C20H22N6O/c1-13-17(14(2)26-20(22-13)23-19(21)24-26)12-18(27)25-10-8-16(9-11-25)15-6-4-3-5-7-15/h3-8H,9-12H2,1-2H3,(H2,21,24). The third-order valence-electron chi connectivity index (χ3n) is 5.10. The third-order valence-corrected chi connectivity index (χ3v) is 5.10. The zero-order valence-corrected chi connectivity index (χ0v) is 15.5. The number of nitrogens with two attached hydrogens (primary N) is 1. The van der Waals surface area contributed by atoms with Crippen molar-refractivity contribution < 1.29 is 4.79 Å². The van der Waals surface area contributed by atoms with Gasteiger partial charge in [-0.15, -0.1) is 5.10 Å². The maximum atomic E-state index is 12.9. The van der Waals surface area contributed by atoms with Crippen LogP contribution in [0.4, 0.5) is 5.95 Å². The Morgan fingerprint density at radius 3 is 2.67 bits per heavy atom. The second-order valence-corrected chi connectivity index (χ2v) is 6.80. The van der Waals surface area contributed by atoms with Gasteiger partial charge < -0.3 is 10.6 Å². The maximum Gasteiger partial charge on any atom is 0.254 e.